The molecule has 0 saturated carbocycles. The highest BCUT2D eigenvalue weighted by molar-refractivity contribution is 5.81. The lowest BCUT2D eigenvalue weighted by atomic mass is 10.1. The second-order valence-electron chi connectivity index (χ2n) is 2.00. The van der Waals surface area contributed by atoms with E-state index in [0.717, 1.165) is 0 Å². The van der Waals surface area contributed by atoms with Crippen LogP contribution in [-0.4, -0.2) is 28.6 Å². The fourth-order valence-corrected chi connectivity index (χ4v) is 0.493. The van der Waals surface area contributed by atoms with Crippen LogP contribution in [0, 0.1) is 5.41 Å². The molecular formula is C6H13NO2. The van der Waals surface area contributed by atoms with Gasteiger partial charge in [0.15, 0.2) is 0 Å². The Balaban J connectivity index is 3.34. The van der Waals surface area contributed by atoms with E-state index < -0.39 is 6.10 Å². The van der Waals surface area contributed by atoms with Gasteiger partial charge in [0.2, 0.25) is 0 Å². The zero-order valence-electron chi connectivity index (χ0n) is 5.59. The maximum Gasteiger partial charge on any atom is 0.0822 e. The Kier molecular flexibility index (Phi) is 4.26. The number of rotatable bonds is 4. The van der Waals surface area contributed by atoms with Crippen LogP contribution in [-0.2, 0) is 0 Å². The average Bonchev–Trinajstić information content (AvgIpc) is 1.87. The summed E-state index contributed by atoms with van der Waals surface area (Å²) in [6.07, 6.45) is 0.210. The lowest BCUT2D eigenvalue weighted by Gasteiger charge is -2.04. The van der Waals surface area contributed by atoms with E-state index in [1.54, 1.807) is 0 Å². The maximum atomic E-state index is 8.77. The largest absolute Gasteiger partial charge is 0.394 e. The van der Waals surface area contributed by atoms with Gasteiger partial charge in [-0.2, -0.15) is 0 Å². The SMILES string of the molecule is CCC(=N)CC(O)CO. The molecule has 0 bridgehead atoms. The van der Waals surface area contributed by atoms with Crippen molar-refractivity contribution < 1.29 is 10.2 Å². The van der Waals surface area contributed by atoms with Crippen molar-refractivity contribution in [1.82, 2.24) is 0 Å². The van der Waals surface area contributed by atoms with Crippen LogP contribution in [0.1, 0.15) is 19.8 Å². The number of aliphatic hydroxyl groups is 2. The Morgan fingerprint density at radius 2 is 2.22 bits per heavy atom. The molecule has 0 heterocycles. The minimum Gasteiger partial charge on any atom is -0.394 e. The number of hydrogen-bond donors (Lipinski definition) is 3. The molecular weight excluding hydrogens is 118 g/mol. The molecule has 1 unspecified atom stereocenters. The van der Waals surface area contributed by atoms with Gasteiger partial charge in [-0.1, -0.05) is 6.92 Å². The summed E-state index contributed by atoms with van der Waals surface area (Å²) in [4.78, 5) is 0. The van der Waals surface area contributed by atoms with Gasteiger partial charge in [-0.25, -0.2) is 0 Å². The summed E-state index contributed by atoms with van der Waals surface area (Å²) in [7, 11) is 0. The van der Waals surface area contributed by atoms with E-state index in [1.807, 2.05) is 6.92 Å². The molecule has 0 spiro atoms. The van der Waals surface area contributed by atoms with Crippen LogP contribution in [0.15, 0.2) is 0 Å². The summed E-state index contributed by atoms with van der Waals surface area (Å²) in [5.41, 5.74) is 0.483. The molecule has 3 N–H and O–H groups in total. The van der Waals surface area contributed by atoms with Gasteiger partial charge in [0.1, 0.15) is 0 Å². The Bertz CT molecular complexity index is 93.1. The molecule has 3 nitrogen and oxygen atoms in total. The van der Waals surface area contributed by atoms with Gasteiger partial charge in [-0.3, -0.25) is 0 Å². The standard InChI is InChI=1S/C6H13NO2/c1-2-5(7)3-6(9)4-8/h6-9H,2-4H2,1H3. The van der Waals surface area contributed by atoms with Crippen LogP contribution in [0.2, 0.25) is 0 Å². The fraction of sp³-hybridized carbons (Fsp3) is 0.833. The van der Waals surface area contributed by atoms with E-state index in [2.05, 4.69) is 0 Å². The highest BCUT2D eigenvalue weighted by Crippen LogP contribution is 1.94. The Morgan fingerprint density at radius 3 is 2.56 bits per heavy atom. The second kappa shape index (κ2) is 4.47. The van der Waals surface area contributed by atoms with Gasteiger partial charge < -0.3 is 15.6 Å². The summed E-state index contributed by atoms with van der Waals surface area (Å²) in [6.45, 7) is 1.61. The van der Waals surface area contributed by atoms with E-state index in [4.69, 9.17) is 15.6 Å². The first kappa shape index (κ1) is 8.59. The molecule has 0 aromatic carbocycles. The zero-order valence-corrected chi connectivity index (χ0v) is 5.59. The Hall–Kier alpha value is -0.410. The van der Waals surface area contributed by atoms with Crippen molar-refractivity contribution in [1.29, 1.82) is 5.41 Å². The second-order valence-corrected chi connectivity index (χ2v) is 2.00. The number of nitrogens with one attached hydrogen (secondary N) is 1. The van der Waals surface area contributed by atoms with Gasteiger partial charge in [-0.05, 0) is 6.42 Å². The van der Waals surface area contributed by atoms with Crippen molar-refractivity contribution in [3.63, 3.8) is 0 Å². The Morgan fingerprint density at radius 1 is 1.67 bits per heavy atom. The molecule has 0 aliphatic rings. The summed E-state index contributed by atoms with van der Waals surface area (Å²) in [6, 6.07) is 0. The predicted octanol–water partition coefficient (Wildman–Crippen LogP) is 0.159. The van der Waals surface area contributed by atoms with E-state index in [9.17, 15) is 0 Å². The lowest BCUT2D eigenvalue weighted by molar-refractivity contribution is 0.100. The highest BCUT2D eigenvalue weighted by Gasteiger charge is 2.03. The first-order chi connectivity index (χ1) is 4.20. The van der Waals surface area contributed by atoms with Crippen LogP contribution < -0.4 is 0 Å². The topological polar surface area (TPSA) is 64.3 Å². The summed E-state index contributed by atoms with van der Waals surface area (Å²) >= 11 is 0. The van der Waals surface area contributed by atoms with Crippen LogP contribution >= 0.6 is 0 Å². The molecule has 0 amide bonds. The summed E-state index contributed by atoms with van der Waals surface area (Å²) in [5.74, 6) is 0. The third kappa shape index (κ3) is 4.12. The average molecular weight is 131 g/mol. The number of hydrogen-bond acceptors (Lipinski definition) is 3. The van der Waals surface area contributed by atoms with Crippen molar-refractivity contribution in [3.05, 3.63) is 0 Å². The van der Waals surface area contributed by atoms with Crippen molar-refractivity contribution in [2.45, 2.75) is 25.9 Å². The van der Waals surface area contributed by atoms with Crippen LogP contribution in [0.3, 0.4) is 0 Å². The normalized spacial score (nSPS) is 13.2. The molecule has 54 valence electrons. The van der Waals surface area contributed by atoms with E-state index in [0.29, 0.717) is 18.6 Å². The van der Waals surface area contributed by atoms with Crippen molar-refractivity contribution in [3.8, 4) is 0 Å². The fourth-order valence-electron chi connectivity index (χ4n) is 0.493. The molecule has 0 aromatic rings. The van der Waals surface area contributed by atoms with E-state index in [1.165, 1.54) is 0 Å². The Labute approximate surface area is 54.8 Å². The quantitative estimate of drug-likeness (QED) is 0.476. The summed E-state index contributed by atoms with van der Waals surface area (Å²) < 4.78 is 0. The molecule has 1 atom stereocenters. The van der Waals surface area contributed by atoms with Crippen LogP contribution in [0.5, 0.6) is 0 Å². The smallest absolute Gasteiger partial charge is 0.0822 e. The van der Waals surface area contributed by atoms with Crippen molar-refractivity contribution in [2.24, 2.45) is 0 Å². The van der Waals surface area contributed by atoms with Gasteiger partial charge in [0.05, 0.1) is 12.7 Å². The van der Waals surface area contributed by atoms with Gasteiger partial charge in [0, 0.05) is 12.1 Å². The third-order valence-electron chi connectivity index (χ3n) is 1.12. The molecule has 0 fully saturated rings. The van der Waals surface area contributed by atoms with E-state index >= 15 is 0 Å². The summed E-state index contributed by atoms with van der Waals surface area (Å²) in [5, 5.41) is 24.2. The lowest BCUT2D eigenvalue weighted by Crippen LogP contribution is -2.16. The van der Waals surface area contributed by atoms with Gasteiger partial charge in [0.25, 0.3) is 0 Å². The van der Waals surface area contributed by atoms with Crippen molar-refractivity contribution in [2.75, 3.05) is 6.61 Å². The predicted molar refractivity (Wildman–Crippen MR) is 35.7 cm³/mol. The van der Waals surface area contributed by atoms with E-state index in [-0.39, 0.29) is 6.61 Å². The van der Waals surface area contributed by atoms with Crippen molar-refractivity contribution >= 4 is 5.71 Å². The minimum atomic E-state index is -0.738. The first-order valence-corrected chi connectivity index (χ1v) is 3.06. The minimum absolute atomic E-state index is 0.248. The third-order valence-corrected chi connectivity index (χ3v) is 1.12. The molecule has 0 aliphatic heterocycles. The monoisotopic (exact) mass is 131 g/mol. The molecule has 0 saturated heterocycles. The molecule has 0 radical (unpaired) electrons. The van der Waals surface area contributed by atoms with Crippen LogP contribution in [0.25, 0.3) is 0 Å². The van der Waals surface area contributed by atoms with Gasteiger partial charge in [-0.15, -0.1) is 0 Å². The molecule has 0 aliphatic carbocycles. The molecule has 0 rings (SSSR count). The molecule has 0 aromatic heterocycles. The molecule has 3 heteroatoms. The zero-order chi connectivity index (χ0) is 7.28. The molecule has 9 heavy (non-hydrogen) atoms. The number of aliphatic hydroxyl groups excluding tert-OH is 2. The first-order valence-electron chi connectivity index (χ1n) is 3.06. The maximum absolute atomic E-state index is 8.77. The highest BCUT2D eigenvalue weighted by atomic mass is 16.3. The van der Waals surface area contributed by atoms with Gasteiger partial charge >= 0.3 is 0 Å². The van der Waals surface area contributed by atoms with Crippen LogP contribution in [0.4, 0.5) is 0 Å².